The fourth-order valence-corrected chi connectivity index (χ4v) is 4.67. The van der Waals surface area contributed by atoms with Gasteiger partial charge in [-0.3, -0.25) is 19.3 Å². The maximum absolute atomic E-state index is 12.8. The predicted molar refractivity (Wildman–Crippen MR) is 122 cm³/mol. The van der Waals surface area contributed by atoms with Crippen molar-refractivity contribution in [3.05, 3.63) is 70.8 Å². The summed E-state index contributed by atoms with van der Waals surface area (Å²) in [4.78, 5) is 53.5. The van der Waals surface area contributed by atoms with E-state index in [1.807, 2.05) is 30.3 Å². The van der Waals surface area contributed by atoms with E-state index in [4.69, 9.17) is 4.74 Å². The minimum atomic E-state index is -0.688. The number of nitrogens with zero attached hydrogens (tertiary/aromatic N) is 2. The number of rotatable bonds is 6. The predicted octanol–water partition coefficient (Wildman–Crippen LogP) is 3.19. The first-order valence-electron chi connectivity index (χ1n) is 11.3. The number of hydrogen-bond donors (Lipinski definition) is 0. The Morgan fingerprint density at radius 1 is 0.939 bits per heavy atom. The summed E-state index contributed by atoms with van der Waals surface area (Å²) in [6.07, 6.45) is 1.63. The molecular weight excluding hydrogens is 420 g/mol. The fourth-order valence-electron chi connectivity index (χ4n) is 4.67. The summed E-state index contributed by atoms with van der Waals surface area (Å²) >= 11 is 0. The first-order valence-corrected chi connectivity index (χ1v) is 11.3. The lowest BCUT2D eigenvalue weighted by atomic mass is 9.92. The monoisotopic (exact) mass is 448 g/mol. The number of carbonyl (C=O) groups is 4. The molecule has 2 heterocycles. The lowest BCUT2D eigenvalue weighted by molar-refractivity contribution is -0.137. The summed E-state index contributed by atoms with van der Waals surface area (Å²) < 4.78 is 5.23. The minimum absolute atomic E-state index is 0.146. The standard InChI is InChI=1S/C26H28N2O5/c1-17-12-18(2)15-27(14-17)23(29)16-33-26(32)20-8-9-21-22(13-20)25(31)28(24(21)30)11-10-19-6-4-3-5-7-19/h3-9,13,17-18H,10-12,14-16H2,1-2H3. The van der Waals surface area contributed by atoms with Crippen molar-refractivity contribution in [2.24, 2.45) is 11.8 Å². The van der Waals surface area contributed by atoms with Crippen LogP contribution in [0.4, 0.5) is 0 Å². The molecule has 2 aromatic rings. The third kappa shape index (κ3) is 4.97. The molecule has 0 N–H and O–H groups in total. The van der Waals surface area contributed by atoms with Crippen molar-refractivity contribution in [3.63, 3.8) is 0 Å². The quantitative estimate of drug-likeness (QED) is 0.501. The Hall–Kier alpha value is -3.48. The van der Waals surface area contributed by atoms with Crippen LogP contribution in [0.15, 0.2) is 48.5 Å². The molecule has 0 radical (unpaired) electrons. The molecule has 2 aromatic carbocycles. The third-order valence-electron chi connectivity index (χ3n) is 6.22. The molecular formula is C26H28N2O5. The highest BCUT2D eigenvalue weighted by Gasteiger charge is 2.36. The van der Waals surface area contributed by atoms with E-state index in [9.17, 15) is 19.2 Å². The van der Waals surface area contributed by atoms with Gasteiger partial charge < -0.3 is 9.64 Å². The van der Waals surface area contributed by atoms with Crippen LogP contribution >= 0.6 is 0 Å². The molecule has 7 heteroatoms. The number of ether oxygens (including phenoxy) is 1. The molecule has 4 rings (SSSR count). The molecule has 33 heavy (non-hydrogen) atoms. The van der Waals surface area contributed by atoms with Crippen molar-refractivity contribution in [2.45, 2.75) is 26.7 Å². The summed E-state index contributed by atoms with van der Waals surface area (Å²) in [7, 11) is 0. The highest BCUT2D eigenvalue weighted by molar-refractivity contribution is 6.22. The third-order valence-corrected chi connectivity index (χ3v) is 6.22. The molecule has 0 spiro atoms. The van der Waals surface area contributed by atoms with Crippen LogP contribution in [0.3, 0.4) is 0 Å². The van der Waals surface area contributed by atoms with Crippen molar-refractivity contribution in [3.8, 4) is 0 Å². The lowest BCUT2D eigenvalue weighted by Crippen LogP contribution is -2.44. The normalized spacial score (nSPS) is 20.1. The largest absolute Gasteiger partial charge is 0.452 e. The van der Waals surface area contributed by atoms with Gasteiger partial charge in [-0.05, 0) is 48.4 Å². The molecule has 7 nitrogen and oxygen atoms in total. The van der Waals surface area contributed by atoms with Crippen molar-refractivity contribution in [1.82, 2.24) is 9.80 Å². The molecule has 2 aliphatic heterocycles. The van der Waals surface area contributed by atoms with Gasteiger partial charge in [-0.2, -0.15) is 0 Å². The van der Waals surface area contributed by atoms with E-state index in [-0.39, 0.29) is 41.7 Å². The zero-order valence-electron chi connectivity index (χ0n) is 19.0. The van der Waals surface area contributed by atoms with E-state index < -0.39 is 11.9 Å². The number of benzene rings is 2. The van der Waals surface area contributed by atoms with E-state index in [0.29, 0.717) is 31.3 Å². The van der Waals surface area contributed by atoms with Crippen LogP contribution in [0, 0.1) is 11.8 Å². The van der Waals surface area contributed by atoms with Crippen molar-refractivity contribution < 1.29 is 23.9 Å². The Labute approximate surface area is 193 Å². The highest BCUT2D eigenvalue weighted by Crippen LogP contribution is 2.25. The Morgan fingerprint density at radius 3 is 2.30 bits per heavy atom. The van der Waals surface area contributed by atoms with E-state index in [0.717, 1.165) is 12.0 Å². The fraction of sp³-hybridized carbons (Fsp3) is 0.385. The molecule has 2 unspecified atom stereocenters. The van der Waals surface area contributed by atoms with Crippen LogP contribution in [-0.2, 0) is 16.0 Å². The molecule has 172 valence electrons. The van der Waals surface area contributed by atoms with E-state index in [1.165, 1.54) is 23.1 Å². The van der Waals surface area contributed by atoms with Gasteiger partial charge in [0.05, 0.1) is 16.7 Å². The summed E-state index contributed by atoms with van der Waals surface area (Å²) in [6, 6.07) is 13.9. The molecule has 2 atom stereocenters. The van der Waals surface area contributed by atoms with Crippen LogP contribution < -0.4 is 0 Å². The molecule has 0 saturated carbocycles. The number of esters is 1. The number of likely N-dealkylation sites (tertiary alicyclic amines) is 1. The number of amides is 3. The second-order valence-corrected chi connectivity index (χ2v) is 9.08. The Morgan fingerprint density at radius 2 is 1.61 bits per heavy atom. The topological polar surface area (TPSA) is 84.0 Å². The number of fused-ring (bicyclic) bond motifs is 1. The average molecular weight is 449 g/mol. The SMILES string of the molecule is CC1CC(C)CN(C(=O)COC(=O)c2ccc3c(c2)C(=O)N(CCc2ccccc2)C3=O)C1. The Balaban J connectivity index is 1.38. The van der Waals surface area contributed by atoms with Crippen LogP contribution in [-0.4, -0.2) is 59.7 Å². The molecule has 1 saturated heterocycles. The maximum Gasteiger partial charge on any atom is 0.338 e. The van der Waals surface area contributed by atoms with E-state index in [1.54, 1.807) is 4.90 Å². The van der Waals surface area contributed by atoms with Gasteiger partial charge in [0.25, 0.3) is 17.7 Å². The number of imide groups is 1. The van der Waals surface area contributed by atoms with Gasteiger partial charge in [0, 0.05) is 19.6 Å². The summed E-state index contributed by atoms with van der Waals surface area (Å²) in [5.74, 6) is -0.868. The van der Waals surface area contributed by atoms with Crippen molar-refractivity contribution in [2.75, 3.05) is 26.2 Å². The van der Waals surface area contributed by atoms with E-state index in [2.05, 4.69) is 13.8 Å². The van der Waals surface area contributed by atoms with E-state index >= 15 is 0 Å². The van der Waals surface area contributed by atoms with Gasteiger partial charge in [0.1, 0.15) is 0 Å². The van der Waals surface area contributed by atoms with Gasteiger partial charge in [-0.1, -0.05) is 44.2 Å². The smallest absolute Gasteiger partial charge is 0.338 e. The van der Waals surface area contributed by atoms with Gasteiger partial charge in [0.15, 0.2) is 6.61 Å². The number of hydrogen-bond acceptors (Lipinski definition) is 5. The number of piperidine rings is 1. The van der Waals surface area contributed by atoms with Crippen LogP contribution in [0.5, 0.6) is 0 Å². The van der Waals surface area contributed by atoms with Crippen molar-refractivity contribution >= 4 is 23.7 Å². The Bertz CT molecular complexity index is 1070. The molecule has 2 aliphatic rings. The molecule has 0 aromatic heterocycles. The van der Waals surface area contributed by atoms with Crippen LogP contribution in [0.1, 0.15) is 56.9 Å². The number of carbonyl (C=O) groups excluding carboxylic acids is 4. The molecule has 0 bridgehead atoms. The Kier molecular flexibility index (Phi) is 6.58. The first kappa shape index (κ1) is 22.7. The minimum Gasteiger partial charge on any atom is -0.452 e. The summed E-state index contributed by atoms with van der Waals surface area (Å²) in [6.45, 7) is 5.45. The van der Waals surface area contributed by atoms with Crippen LogP contribution in [0.2, 0.25) is 0 Å². The molecule has 3 amide bonds. The summed E-state index contributed by atoms with van der Waals surface area (Å²) in [5, 5.41) is 0. The highest BCUT2D eigenvalue weighted by atomic mass is 16.5. The zero-order valence-corrected chi connectivity index (χ0v) is 19.0. The van der Waals surface area contributed by atoms with Gasteiger partial charge in [-0.25, -0.2) is 4.79 Å². The molecule has 0 aliphatic carbocycles. The van der Waals surface area contributed by atoms with Gasteiger partial charge in [-0.15, -0.1) is 0 Å². The lowest BCUT2D eigenvalue weighted by Gasteiger charge is -2.34. The maximum atomic E-state index is 12.8. The van der Waals surface area contributed by atoms with Crippen molar-refractivity contribution in [1.29, 1.82) is 0 Å². The van der Waals surface area contributed by atoms with Gasteiger partial charge in [0.2, 0.25) is 0 Å². The summed E-state index contributed by atoms with van der Waals surface area (Å²) in [5.41, 5.74) is 1.64. The first-order chi connectivity index (χ1) is 15.8. The molecule has 1 fully saturated rings. The van der Waals surface area contributed by atoms with Gasteiger partial charge >= 0.3 is 5.97 Å². The average Bonchev–Trinajstić information content (AvgIpc) is 3.05. The second-order valence-electron chi connectivity index (χ2n) is 9.08. The second kappa shape index (κ2) is 9.57. The van der Waals surface area contributed by atoms with Crippen LogP contribution in [0.25, 0.3) is 0 Å². The zero-order chi connectivity index (χ0) is 23.5.